The molecule has 0 saturated carbocycles. The molecule has 0 aromatic carbocycles. The molecule has 0 aromatic rings. The van der Waals surface area contributed by atoms with Crippen LogP contribution >= 0.6 is 0 Å². The van der Waals surface area contributed by atoms with Crippen molar-refractivity contribution in [3.8, 4) is 0 Å². The zero-order valence-corrected chi connectivity index (χ0v) is 3.87. The van der Waals surface area contributed by atoms with Crippen LogP contribution in [0.2, 0.25) is 0 Å². The van der Waals surface area contributed by atoms with Crippen molar-refractivity contribution >= 4 is 5.96 Å². The van der Waals surface area contributed by atoms with Gasteiger partial charge in [-0.25, -0.2) is 16.0 Å². The summed E-state index contributed by atoms with van der Waals surface area (Å²) in [7, 11) is 0. The third-order valence-electron chi connectivity index (χ3n) is 0.337. The van der Waals surface area contributed by atoms with Gasteiger partial charge in [0.2, 0.25) is 0 Å². The zero-order chi connectivity index (χ0) is 6.57. The first kappa shape index (κ1) is 6.63. The van der Waals surface area contributed by atoms with Gasteiger partial charge in [-0.3, -0.25) is 5.43 Å². The van der Waals surface area contributed by atoms with Crippen LogP contribution in [-0.2, 0) is 0 Å². The number of nitrogens with one attached hydrogen (secondary N) is 1. The van der Waals surface area contributed by atoms with E-state index in [1.54, 1.807) is 5.43 Å². The summed E-state index contributed by atoms with van der Waals surface area (Å²) in [5.74, 6) is 4.19. The highest BCUT2D eigenvalue weighted by Gasteiger charge is 1.91. The Balaban J connectivity index is 3.75. The van der Waals surface area contributed by atoms with Gasteiger partial charge in [-0.1, -0.05) is 0 Å². The Morgan fingerprint density at radius 3 is 2.50 bits per heavy atom. The molecule has 0 amide bonds. The maximum Gasteiger partial charge on any atom is 0.280 e. The minimum atomic E-state index is -0.949. The van der Waals surface area contributed by atoms with Crippen molar-refractivity contribution in [2.75, 3.05) is 0 Å². The molecule has 46 valence electrons. The second-order valence-electron chi connectivity index (χ2n) is 0.867. The van der Waals surface area contributed by atoms with Gasteiger partial charge in [0.25, 0.3) is 5.96 Å². The Labute approximate surface area is 44.5 Å². The number of hydrazine groups is 1. The number of nitro groups is 1. The molecule has 0 saturated heterocycles. The second-order valence-corrected chi connectivity index (χ2v) is 0.867. The molecule has 0 atom stereocenters. The highest BCUT2D eigenvalue weighted by atomic mass is 16.7. The topological polar surface area (TPSA) is 120 Å². The molecule has 0 aliphatic carbocycles. The smallest absolute Gasteiger partial charge is 0.280 e. The average molecular weight is 119 g/mol. The van der Waals surface area contributed by atoms with Crippen LogP contribution in [0.5, 0.6) is 0 Å². The number of hydrogen-bond donors (Lipinski definition) is 3. The Hall–Kier alpha value is -1.37. The van der Waals surface area contributed by atoms with Gasteiger partial charge in [0.1, 0.15) is 5.10 Å². The van der Waals surface area contributed by atoms with Gasteiger partial charge < -0.3 is 5.73 Å². The normalized spacial score (nSPS) is 10.9. The molecular formula is CH5N5O2. The van der Waals surface area contributed by atoms with Crippen LogP contribution in [0.4, 0.5) is 0 Å². The van der Waals surface area contributed by atoms with Gasteiger partial charge in [-0.05, 0) is 0 Å². The lowest BCUT2D eigenvalue weighted by molar-refractivity contribution is -0.485. The molecule has 0 aliphatic rings. The van der Waals surface area contributed by atoms with Crippen molar-refractivity contribution in [2.24, 2.45) is 16.7 Å². The molecule has 0 aliphatic heterocycles. The number of rotatable bonds is 1. The van der Waals surface area contributed by atoms with Crippen molar-refractivity contribution in [1.29, 1.82) is 0 Å². The van der Waals surface area contributed by atoms with E-state index in [1.807, 2.05) is 0 Å². The predicted octanol–water partition coefficient (Wildman–Crippen LogP) is -2.04. The SMILES string of the molecule is NN/C(N)=N/[N+](=O)[O-]. The molecule has 0 aromatic heterocycles. The van der Waals surface area contributed by atoms with Crippen LogP contribution in [0.15, 0.2) is 5.10 Å². The predicted molar refractivity (Wildman–Crippen MR) is 25.9 cm³/mol. The van der Waals surface area contributed by atoms with Gasteiger partial charge in [0.05, 0.1) is 0 Å². The minimum Gasteiger partial charge on any atom is -0.364 e. The highest BCUT2D eigenvalue weighted by Crippen LogP contribution is 1.64. The van der Waals surface area contributed by atoms with Gasteiger partial charge in [0.15, 0.2) is 5.03 Å². The van der Waals surface area contributed by atoms with Crippen LogP contribution in [0.1, 0.15) is 0 Å². The molecule has 0 fully saturated rings. The van der Waals surface area contributed by atoms with Crippen LogP contribution < -0.4 is 17.0 Å². The Morgan fingerprint density at radius 2 is 2.38 bits per heavy atom. The Kier molecular flexibility index (Phi) is 2.28. The molecule has 7 heteroatoms. The van der Waals surface area contributed by atoms with Crippen LogP contribution in [0.25, 0.3) is 0 Å². The van der Waals surface area contributed by atoms with Crippen molar-refractivity contribution < 1.29 is 5.03 Å². The number of nitrogens with two attached hydrogens (primary N) is 2. The maximum absolute atomic E-state index is 9.41. The fourth-order valence-corrected chi connectivity index (χ4v) is 0.117. The summed E-state index contributed by atoms with van der Waals surface area (Å²) in [5, 5.41) is 11.0. The molecule has 0 bridgehead atoms. The first-order valence-corrected chi connectivity index (χ1v) is 1.62. The van der Waals surface area contributed by atoms with E-state index in [2.05, 4.69) is 10.9 Å². The van der Waals surface area contributed by atoms with Gasteiger partial charge in [-0.15, -0.1) is 0 Å². The lowest BCUT2D eigenvalue weighted by Crippen LogP contribution is -2.37. The highest BCUT2D eigenvalue weighted by molar-refractivity contribution is 5.76. The van der Waals surface area contributed by atoms with E-state index in [0.717, 1.165) is 0 Å². The summed E-state index contributed by atoms with van der Waals surface area (Å²) in [6, 6.07) is 0. The number of hydrogen-bond acceptors (Lipinski definition) is 3. The minimum absolute atomic E-state index is 0.421. The zero-order valence-electron chi connectivity index (χ0n) is 3.87. The molecule has 0 unspecified atom stereocenters. The molecule has 5 N–H and O–H groups in total. The molecule has 8 heavy (non-hydrogen) atoms. The molecule has 0 spiro atoms. The lowest BCUT2D eigenvalue weighted by Gasteiger charge is -1.87. The van der Waals surface area contributed by atoms with Crippen molar-refractivity contribution in [1.82, 2.24) is 5.43 Å². The van der Waals surface area contributed by atoms with Gasteiger partial charge >= 0.3 is 0 Å². The third kappa shape index (κ3) is 2.85. The third-order valence-corrected chi connectivity index (χ3v) is 0.337. The standard InChI is InChI=1S/CH5N5O2/c2-1(4-3)5-6(7)8/h3H2,(H3,2,4,5). The molecule has 0 radical (unpaired) electrons. The lowest BCUT2D eigenvalue weighted by atomic mass is 11.1. The van der Waals surface area contributed by atoms with E-state index >= 15 is 0 Å². The van der Waals surface area contributed by atoms with Crippen molar-refractivity contribution in [2.45, 2.75) is 0 Å². The van der Waals surface area contributed by atoms with Gasteiger partial charge in [-0.2, -0.15) is 0 Å². The summed E-state index contributed by atoms with van der Waals surface area (Å²) >= 11 is 0. The number of hydrazone groups is 1. The number of guanidine groups is 1. The molecule has 0 rings (SSSR count). The van der Waals surface area contributed by atoms with E-state index in [4.69, 9.17) is 5.73 Å². The maximum atomic E-state index is 9.41. The Morgan fingerprint density at radius 1 is 1.88 bits per heavy atom. The quantitative estimate of drug-likeness (QED) is 0.121. The fourth-order valence-electron chi connectivity index (χ4n) is 0.117. The summed E-state index contributed by atoms with van der Waals surface area (Å²) in [6.07, 6.45) is 0. The van der Waals surface area contributed by atoms with Crippen molar-refractivity contribution in [3.63, 3.8) is 0 Å². The summed E-state index contributed by atoms with van der Waals surface area (Å²) < 4.78 is 0. The summed E-state index contributed by atoms with van der Waals surface area (Å²) in [5.41, 5.74) is 6.53. The monoisotopic (exact) mass is 119 g/mol. The second kappa shape index (κ2) is 2.75. The first-order chi connectivity index (χ1) is 3.66. The summed E-state index contributed by atoms with van der Waals surface area (Å²) in [6.45, 7) is 0. The van der Waals surface area contributed by atoms with E-state index in [-0.39, 0.29) is 0 Å². The Bertz CT molecular complexity index is 118. The van der Waals surface area contributed by atoms with E-state index in [1.165, 1.54) is 0 Å². The first-order valence-electron chi connectivity index (χ1n) is 1.62. The summed E-state index contributed by atoms with van der Waals surface area (Å²) in [4.78, 5) is 9.41. The van der Waals surface area contributed by atoms with Crippen LogP contribution in [-0.4, -0.2) is 11.0 Å². The van der Waals surface area contributed by atoms with E-state index in [0.29, 0.717) is 0 Å². The van der Waals surface area contributed by atoms with Crippen LogP contribution in [0.3, 0.4) is 0 Å². The number of nitrogens with zero attached hydrogens (tertiary/aromatic N) is 2. The average Bonchev–Trinajstić information content (AvgIpc) is 1.65. The largest absolute Gasteiger partial charge is 0.364 e. The van der Waals surface area contributed by atoms with Gasteiger partial charge in [0, 0.05) is 0 Å². The molecule has 0 heterocycles. The molecular weight excluding hydrogens is 114 g/mol. The fraction of sp³-hybridized carbons (Fsp3) is 0. The van der Waals surface area contributed by atoms with Crippen molar-refractivity contribution in [3.05, 3.63) is 10.1 Å². The van der Waals surface area contributed by atoms with Crippen LogP contribution in [0, 0.1) is 10.1 Å². The van der Waals surface area contributed by atoms with E-state index in [9.17, 15) is 10.1 Å². The molecule has 7 nitrogen and oxygen atoms in total. The van der Waals surface area contributed by atoms with E-state index < -0.39 is 11.0 Å².